The fourth-order valence-electron chi connectivity index (χ4n) is 3.29. The van der Waals surface area contributed by atoms with Gasteiger partial charge in [0.25, 0.3) is 5.91 Å². The number of benzene rings is 1. The molecule has 28 heavy (non-hydrogen) atoms. The molecule has 2 aromatic rings. The minimum atomic E-state index is -3.75. The Kier molecular flexibility index (Phi) is 5.85. The van der Waals surface area contributed by atoms with Gasteiger partial charge in [0, 0.05) is 13.1 Å². The average Bonchev–Trinajstić information content (AvgIpc) is 3.21. The summed E-state index contributed by atoms with van der Waals surface area (Å²) in [5, 5.41) is 8.03. The number of sulfonamides is 1. The zero-order chi connectivity index (χ0) is 20.3. The molecule has 0 unspecified atom stereocenters. The van der Waals surface area contributed by atoms with E-state index in [1.165, 1.54) is 18.4 Å². The fraction of sp³-hybridized carbons (Fsp3) is 0.368. The largest absolute Gasteiger partial charge is 0.459 e. The molecule has 1 fully saturated rings. The number of hydrogen-bond donors (Lipinski definition) is 2. The van der Waals surface area contributed by atoms with Crippen LogP contribution in [-0.2, 0) is 14.8 Å². The lowest BCUT2D eigenvalue weighted by molar-refractivity contribution is -0.127. The molecule has 0 spiro atoms. The number of nitrogens with one attached hydrogen (secondary N) is 1. The molecule has 1 aliphatic rings. The smallest absolute Gasteiger partial charge is 0.289 e. The van der Waals surface area contributed by atoms with Crippen LogP contribution in [0, 0.1) is 5.92 Å². The Labute approximate surface area is 163 Å². The third-order valence-corrected chi connectivity index (χ3v) is 5.81. The van der Waals surface area contributed by atoms with E-state index >= 15 is 0 Å². The fourth-order valence-corrected chi connectivity index (χ4v) is 3.81. The van der Waals surface area contributed by atoms with Crippen LogP contribution in [0.3, 0.4) is 0 Å². The van der Waals surface area contributed by atoms with E-state index < -0.39 is 10.0 Å². The maximum Gasteiger partial charge on any atom is 0.289 e. The first-order valence-corrected chi connectivity index (χ1v) is 10.6. The lowest BCUT2D eigenvalue weighted by atomic mass is 9.96. The van der Waals surface area contributed by atoms with E-state index in [0.29, 0.717) is 19.5 Å². The van der Waals surface area contributed by atoms with E-state index in [-0.39, 0.29) is 34.4 Å². The number of piperidine rings is 1. The summed E-state index contributed by atoms with van der Waals surface area (Å²) in [7, 11) is -3.75. The van der Waals surface area contributed by atoms with Crippen molar-refractivity contribution in [2.75, 3.05) is 13.1 Å². The van der Waals surface area contributed by atoms with Crippen molar-refractivity contribution in [1.82, 2.24) is 10.2 Å². The molecule has 1 aliphatic heterocycles. The highest BCUT2D eigenvalue weighted by atomic mass is 32.2. The Bertz CT molecular complexity index is 938. The van der Waals surface area contributed by atoms with Crippen LogP contribution in [0.4, 0.5) is 0 Å². The number of rotatable bonds is 5. The van der Waals surface area contributed by atoms with Gasteiger partial charge >= 0.3 is 0 Å². The van der Waals surface area contributed by atoms with Crippen LogP contribution in [0.15, 0.2) is 52.0 Å². The molecule has 1 saturated heterocycles. The molecule has 9 heteroatoms. The van der Waals surface area contributed by atoms with Crippen molar-refractivity contribution in [2.24, 2.45) is 11.1 Å². The first kappa shape index (κ1) is 20.1. The van der Waals surface area contributed by atoms with Crippen LogP contribution >= 0.6 is 0 Å². The van der Waals surface area contributed by atoms with Crippen LogP contribution in [0.2, 0.25) is 0 Å². The van der Waals surface area contributed by atoms with Crippen molar-refractivity contribution >= 4 is 21.8 Å². The number of nitrogens with zero attached hydrogens (tertiary/aromatic N) is 1. The molecule has 2 atom stereocenters. The molecular weight excluding hydrogens is 382 g/mol. The van der Waals surface area contributed by atoms with Crippen molar-refractivity contribution in [3.05, 3.63) is 54.0 Å². The summed E-state index contributed by atoms with van der Waals surface area (Å²) in [5.41, 5.74) is 0.764. The maximum absolute atomic E-state index is 12.7. The summed E-state index contributed by atoms with van der Waals surface area (Å²) in [6.45, 7) is 2.74. The van der Waals surface area contributed by atoms with Gasteiger partial charge in [0.1, 0.15) is 0 Å². The Balaban J connectivity index is 1.61. The van der Waals surface area contributed by atoms with Crippen molar-refractivity contribution in [1.29, 1.82) is 0 Å². The SMILES string of the molecule is C[C@H](NC(=O)[C@H]1CCCN(C(=O)c2ccco2)C1)c1ccc(S(N)(=O)=O)cc1. The molecule has 8 nitrogen and oxygen atoms in total. The van der Waals surface area contributed by atoms with E-state index in [9.17, 15) is 18.0 Å². The third-order valence-electron chi connectivity index (χ3n) is 4.88. The molecule has 2 heterocycles. The second-order valence-corrected chi connectivity index (χ2v) is 8.47. The highest BCUT2D eigenvalue weighted by Gasteiger charge is 2.30. The second-order valence-electron chi connectivity index (χ2n) is 6.91. The second kappa shape index (κ2) is 8.15. The monoisotopic (exact) mass is 405 g/mol. The van der Waals surface area contributed by atoms with Gasteiger partial charge in [-0.3, -0.25) is 9.59 Å². The van der Waals surface area contributed by atoms with Gasteiger partial charge < -0.3 is 14.6 Å². The van der Waals surface area contributed by atoms with Crippen LogP contribution in [0.5, 0.6) is 0 Å². The lowest BCUT2D eigenvalue weighted by Crippen LogP contribution is -2.45. The van der Waals surface area contributed by atoms with Crippen LogP contribution in [-0.4, -0.2) is 38.2 Å². The third kappa shape index (κ3) is 4.60. The number of carbonyl (C=O) groups excluding carboxylic acids is 2. The van der Waals surface area contributed by atoms with Crippen molar-refractivity contribution in [3.8, 4) is 0 Å². The zero-order valence-corrected chi connectivity index (χ0v) is 16.3. The lowest BCUT2D eigenvalue weighted by Gasteiger charge is -2.32. The molecule has 150 valence electrons. The molecule has 0 saturated carbocycles. The van der Waals surface area contributed by atoms with Crippen molar-refractivity contribution in [2.45, 2.75) is 30.7 Å². The molecule has 1 aromatic heterocycles. The normalized spacial score (nSPS) is 18.5. The Morgan fingerprint density at radius 2 is 1.96 bits per heavy atom. The number of amides is 2. The van der Waals surface area contributed by atoms with Crippen molar-refractivity contribution < 1.29 is 22.4 Å². The maximum atomic E-state index is 12.7. The summed E-state index contributed by atoms with van der Waals surface area (Å²) in [6.07, 6.45) is 2.89. The summed E-state index contributed by atoms with van der Waals surface area (Å²) < 4.78 is 27.8. The standard InChI is InChI=1S/C19H23N3O5S/c1-13(14-6-8-16(9-7-14)28(20,25)26)21-18(23)15-4-2-10-22(12-15)19(24)17-5-3-11-27-17/h3,5-9,11,13,15H,2,4,10,12H2,1H3,(H,21,23)(H2,20,25,26)/t13-,15-/m0/s1. The highest BCUT2D eigenvalue weighted by molar-refractivity contribution is 7.89. The molecular formula is C19H23N3O5S. The number of likely N-dealkylation sites (tertiary alicyclic amines) is 1. The highest BCUT2D eigenvalue weighted by Crippen LogP contribution is 2.21. The van der Waals surface area contributed by atoms with Gasteiger partial charge in [0.2, 0.25) is 15.9 Å². The van der Waals surface area contributed by atoms with Gasteiger partial charge in [0.15, 0.2) is 5.76 Å². The van der Waals surface area contributed by atoms with Gasteiger partial charge in [-0.2, -0.15) is 0 Å². The van der Waals surface area contributed by atoms with Crippen LogP contribution in [0.1, 0.15) is 41.9 Å². The number of carbonyl (C=O) groups is 2. The summed E-state index contributed by atoms with van der Waals surface area (Å²) in [4.78, 5) is 26.8. The molecule has 0 radical (unpaired) electrons. The first-order valence-electron chi connectivity index (χ1n) is 9.01. The minimum absolute atomic E-state index is 0.0223. The molecule has 3 N–H and O–H groups in total. The van der Waals surface area contributed by atoms with Crippen LogP contribution < -0.4 is 10.5 Å². The number of nitrogens with two attached hydrogens (primary N) is 1. The zero-order valence-electron chi connectivity index (χ0n) is 15.5. The van der Waals surface area contributed by atoms with E-state index in [0.717, 1.165) is 12.0 Å². The summed E-state index contributed by atoms with van der Waals surface area (Å²) in [5.74, 6) is -0.391. The average molecular weight is 405 g/mol. The van der Waals surface area contributed by atoms with Gasteiger partial charge in [-0.05, 0) is 49.6 Å². The molecule has 0 bridgehead atoms. The summed E-state index contributed by atoms with van der Waals surface area (Å²) >= 11 is 0. The van der Waals surface area contributed by atoms with Gasteiger partial charge in [-0.25, -0.2) is 13.6 Å². The molecule has 0 aliphatic carbocycles. The van der Waals surface area contributed by atoms with E-state index in [1.807, 2.05) is 6.92 Å². The Hall–Kier alpha value is -2.65. The van der Waals surface area contributed by atoms with Gasteiger partial charge in [-0.15, -0.1) is 0 Å². The molecule has 2 amide bonds. The number of furan rings is 1. The van der Waals surface area contributed by atoms with E-state index in [4.69, 9.17) is 9.56 Å². The Morgan fingerprint density at radius 3 is 2.57 bits per heavy atom. The first-order chi connectivity index (χ1) is 13.3. The minimum Gasteiger partial charge on any atom is -0.459 e. The predicted octanol–water partition coefficient (Wildman–Crippen LogP) is 1.66. The Morgan fingerprint density at radius 1 is 1.25 bits per heavy atom. The van der Waals surface area contributed by atoms with Gasteiger partial charge in [0.05, 0.1) is 23.1 Å². The van der Waals surface area contributed by atoms with Crippen molar-refractivity contribution in [3.63, 3.8) is 0 Å². The quantitative estimate of drug-likeness (QED) is 0.783. The topological polar surface area (TPSA) is 123 Å². The summed E-state index contributed by atoms with van der Waals surface area (Å²) in [6, 6.07) is 9.04. The number of primary sulfonamides is 1. The van der Waals surface area contributed by atoms with E-state index in [2.05, 4.69) is 5.32 Å². The van der Waals surface area contributed by atoms with E-state index in [1.54, 1.807) is 29.2 Å². The predicted molar refractivity (Wildman–Crippen MR) is 102 cm³/mol. The molecule has 1 aromatic carbocycles. The molecule has 3 rings (SSSR count). The van der Waals surface area contributed by atoms with Gasteiger partial charge in [-0.1, -0.05) is 12.1 Å². The number of hydrogen-bond acceptors (Lipinski definition) is 5. The van der Waals surface area contributed by atoms with Crippen LogP contribution in [0.25, 0.3) is 0 Å².